The Morgan fingerprint density at radius 1 is 1.00 bits per heavy atom. The molecule has 1 rings (SSSR count). The molecule has 0 amide bonds. The number of nitrogens with zero attached hydrogens (tertiary/aromatic N) is 1. The fourth-order valence-corrected chi connectivity index (χ4v) is 2.73. The van der Waals surface area contributed by atoms with Crippen molar-refractivity contribution in [2.45, 2.75) is 19.6 Å². The number of thioether (sulfide) groups is 1. The molecule has 0 fully saturated rings. The van der Waals surface area contributed by atoms with Crippen LogP contribution in [0.1, 0.15) is 19.4 Å². The zero-order chi connectivity index (χ0) is 18.7. The van der Waals surface area contributed by atoms with Gasteiger partial charge in [-0.2, -0.15) is 0 Å². The first-order valence-corrected chi connectivity index (χ1v) is 9.08. The van der Waals surface area contributed by atoms with E-state index < -0.39 is 11.9 Å². The standard InChI is InChI=1S/C19H25NO4S/c1-5-23-18(21)16(20(3)4)12-13-17(19(22)24-6-2)25-14-15-10-8-7-9-11-15/h7-13H,5-6,14H2,1-4H3/b16-12-,17-13-. The fraction of sp³-hybridized carbons (Fsp3) is 0.368. The molecule has 0 atom stereocenters. The van der Waals surface area contributed by atoms with Crippen LogP contribution in [-0.2, 0) is 24.8 Å². The Kier molecular flexibility index (Phi) is 9.47. The van der Waals surface area contributed by atoms with Crippen molar-refractivity contribution in [2.24, 2.45) is 0 Å². The van der Waals surface area contributed by atoms with Crippen molar-refractivity contribution in [1.82, 2.24) is 4.90 Å². The van der Waals surface area contributed by atoms with Crippen LogP contribution in [0.2, 0.25) is 0 Å². The first-order chi connectivity index (χ1) is 12.0. The molecule has 6 heteroatoms. The van der Waals surface area contributed by atoms with Gasteiger partial charge in [0.2, 0.25) is 0 Å². The van der Waals surface area contributed by atoms with Crippen LogP contribution in [0.5, 0.6) is 0 Å². The summed E-state index contributed by atoms with van der Waals surface area (Å²) in [7, 11) is 3.50. The number of carbonyl (C=O) groups is 2. The molecule has 0 heterocycles. The van der Waals surface area contributed by atoms with Gasteiger partial charge in [0.15, 0.2) is 0 Å². The van der Waals surface area contributed by atoms with E-state index in [4.69, 9.17) is 9.47 Å². The Morgan fingerprint density at radius 2 is 1.60 bits per heavy atom. The highest BCUT2D eigenvalue weighted by atomic mass is 32.2. The Balaban J connectivity index is 2.99. The van der Waals surface area contributed by atoms with Gasteiger partial charge in [-0.25, -0.2) is 9.59 Å². The van der Waals surface area contributed by atoms with Crippen LogP contribution >= 0.6 is 11.8 Å². The predicted octanol–water partition coefficient (Wildman–Crippen LogP) is 3.38. The number of benzene rings is 1. The summed E-state index contributed by atoms with van der Waals surface area (Å²) < 4.78 is 10.1. The number of esters is 2. The highest BCUT2D eigenvalue weighted by Crippen LogP contribution is 2.23. The van der Waals surface area contributed by atoms with Gasteiger partial charge in [-0.15, -0.1) is 11.8 Å². The summed E-state index contributed by atoms with van der Waals surface area (Å²) in [5.74, 6) is -0.197. The summed E-state index contributed by atoms with van der Waals surface area (Å²) in [4.78, 5) is 26.3. The number of carbonyl (C=O) groups excluding carboxylic acids is 2. The van der Waals surface area contributed by atoms with Crippen molar-refractivity contribution in [3.8, 4) is 0 Å². The van der Waals surface area contributed by atoms with Crippen molar-refractivity contribution in [3.63, 3.8) is 0 Å². The van der Waals surface area contributed by atoms with Gasteiger partial charge in [0.1, 0.15) is 5.70 Å². The van der Waals surface area contributed by atoms with E-state index in [0.29, 0.717) is 29.6 Å². The normalized spacial score (nSPS) is 11.8. The van der Waals surface area contributed by atoms with Crippen LogP contribution in [0.3, 0.4) is 0 Å². The molecule has 25 heavy (non-hydrogen) atoms. The summed E-state index contributed by atoms with van der Waals surface area (Å²) in [6.07, 6.45) is 3.19. The van der Waals surface area contributed by atoms with E-state index in [1.165, 1.54) is 11.8 Å². The Morgan fingerprint density at radius 3 is 2.16 bits per heavy atom. The molecule has 0 aliphatic rings. The Bertz CT molecular complexity index is 624. The molecule has 5 nitrogen and oxygen atoms in total. The van der Waals surface area contributed by atoms with Crippen LogP contribution in [0.15, 0.2) is 53.1 Å². The lowest BCUT2D eigenvalue weighted by atomic mass is 10.2. The average molecular weight is 363 g/mol. The largest absolute Gasteiger partial charge is 0.462 e. The minimum Gasteiger partial charge on any atom is -0.462 e. The van der Waals surface area contributed by atoms with E-state index in [1.807, 2.05) is 30.3 Å². The van der Waals surface area contributed by atoms with E-state index in [1.54, 1.807) is 45.0 Å². The molecule has 0 saturated carbocycles. The van der Waals surface area contributed by atoms with Crippen molar-refractivity contribution in [2.75, 3.05) is 27.3 Å². The second-order valence-electron chi connectivity index (χ2n) is 5.19. The molecule has 0 radical (unpaired) electrons. The first-order valence-electron chi connectivity index (χ1n) is 8.09. The van der Waals surface area contributed by atoms with E-state index >= 15 is 0 Å². The fourth-order valence-electron chi connectivity index (χ4n) is 1.87. The number of hydrogen-bond donors (Lipinski definition) is 0. The van der Waals surface area contributed by atoms with Crippen LogP contribution in [0, 0.1) is 0 Å². The molecule has 0 N–H and O–H groups in total. The maximum absolute atomic E-state index is 12.2. The number of ether oxygens (including phenoxy) is 2. The summed E-state index contributed by atoms with van der Waals surface area (Å²) in [6.45, 7) is 4.10. The molecule has 0 aliphatic carbocycles. The summed E-state index contributed by atoms with van der Waals surface area (Å²) in [5.41, 5.74) is 1.47. The molecular weight excluding hydrogens is 338 g/mol. The molecular formula is C19H25NO4S. The van der Waals surface area contributed by atoms with E-state index in [2.05, 4.69) is 0 Å². The van der Waals surface area contributed by atoms with Gasteiger partial charge >= 0.3 is 11.9 Å². The van der Waals surface area contributed by atoms with Gasteiger partial charge < -0.3 is 14.4 Å². The smallest absolute Gasteiger partial charge is 0.354 e. The second kappa shape index (κ2) is 11.4. The maximum Gasteiger partial charge on any atom is 0.354 e. The van der Waals surface area contributed by atoms with Crippen molar-refractivity contribution in [1.29, 1.82) is 0 Å². The molecule has 0 saturated heterocycles. The third kappa shape index (κ3) is 7.47. The number of likely N-dealkylation sites (N-methyl/N-ethyl adjacent to an activating group) is 1. The zero-order valence-electron chi connectivity index (χ0n) is 15.2. The van der Waals surface area contributed by atoms with Crippen LogP contribution in [-0.4, -0.2) is 44.1 Å². The van der Waals surface area contributed by atoms with Crippen LogP contribution in [0.4, 0.5) is 0 Å². The predicted molar refractivity (Wildman–Crippen MR) is 101 cm³/mol. The Labute approximate surface area is 153 Å². The quantitative estimate of drug-likeness (QED) is 0.381. The molecule has 0 bridgehead atoms. The van der Waals surface area contributed by atoms with Crippen molar-refractivity contribution in [3.05, 3.63) is 58.6 Å². The third-order valence-electron chi connectivity index (χ3n) is 3.07. The van der Waals surface area contributed by atoms with E-state index in [0.717, 1.165) is 5.56 Å². The molecule has 0 spiro atoms. The van der Waals surface area contributed by atoms with Crippen molar-refractivity contribution >= 4 is 23.7 Å². The van der Waals surface area contributed by atoms with Crippen molar-refractivity contribution < 1.29 is 19.1 Å². The average Bonchev–Trinajstić information content (AvgIpc) is 2.58. The number of hydrogen-bond acceptors (Lipinski definition) is 6. The summed E-state index contributed by atoms with van der Waals surface area (Å²) in [5, 5.41) is 0. The number of rotatable bonds is 9. The van der Waals surface area contributed by atoms with Gasteiger partial charge in [-0.3, -0.25) is 0 Å². The molecule has 1 aromatic carbocycles. The van der Waals surface area contributed by atoms with Crippen LogP contribution < -0.4 is 0 Å². The maximum atomic E-state index is 12.2. The lowest BCUT2D eigenvalue weighted by Gasteiger charge is -2.15. The lowest BCUT2D eigenvalue weighted by molar-refractivity contribution is -0.140. The van der Waals surface area contributed by atoms with Gasteiger partial charge in [-0.05, 0) is 31.6 Å². The minimum atomic E-state index is -0.431. The highest BCUT2D eigenvalue weighted by molar-refractivity contribution is 8.03. The second-order valence-corrected chi connectivity index (χ2v) is 6.21. The number of allylic oxidation sites excluding steroid dienone is 2. The monoisotopic (exact) mass is 363 g/mol. The van der Waals surface area contributed by atoms with Gasteiger partial charge in [0, 0.05) is 19.8 Å². The molecule has 0 aromatic heterocycles. The van der Waals surface area contributed by atoms with Gasteiger partial charge in [0.25, 0.3) is 0 Å². The minimum absolute atomic E-state index is 0.293. The van der Waals surface area contributed by atoms with E-state index in [-0.39, 0.29) is 0 Å². The third-order valence-corrected chi connectivity index (χ3v) is 4.16. The highest BCUT2D eigenvalue weighted by Gasteiger charge is 2.14. The Hall–Kier alpha value is -2.21. The molecule has 136 valence electrons. The summed E-state index contributed by atoms with van der Waals surface area (Å²) in [6, 6.07) is 9.84. The SMILES string of the molecule is CCOC(=O)/C(=C/C=C(/C(=O)OCC)N(C)C)SCc1ccccc1. The molecule has 0 aliphatic heterocycles. The van der Waals surface area contributed by atoms with E-state index in [9.17, 15) is 9.59 Å². The van der Waals surface area contributed by atoms with Crippen LogP contribution in [0.25, 0.3) is 0 Å². The lowest BCUT2D eigenvalue weighted by Crippen LogP contribution is -2.21. The zero-order valence-corrected chi connectivity index (χ0v) is 16.0. The molecule has 0 unspecified atom stereocenters. The topological polar surface area (TPSA) is 55.8 Å². The van der Waals surface area contributed by atoms with Gasteiger partial charge in [0.05, 0.1) is 18.1 Å². The first kappa shape index (κ1) is 20.8. The summed E-state index contributed by atoms with van der Waals surface area (Å²) >= 11 is 1.37. The van der Waals surface area contributed by atoms with Gasteiger partial charge in [-0.1, -0.05) is 30.3 Å². The molecule has 1 aromatic rings.